The Morgan fingerprint density at radius 1 is 0.957 bits per heavy atom. The molecule has 3 rings (SSSR count). The number of rotatable bonds is 4. The molecular formula is C20H25NO2. The van der Waals surface area contributed by atoms with E-state index in [1.165, 1.54) is 22.2 Å². The van der Waals surface area contributed by atoms with Crippen LogP contribution in [0.15, 0.2) is 41.9 Å². The highest BCUT2D eigenvalue weighted by atomic mass is 16.5. The Labute approximate surface area is 138 Å². The second kappa shape index (κ2) is 6.15. The molecule has 0 N–H and O–H groups in total. The average molecular weight is 311 g/mol. The van der Waals surface area contributed by atoms with Crippen molar-refractivity contribution in [2.75, 3.05) is 0 Å². The minimum atomic E-state index is 0.108. The van der Waals surface area contributed by atoms with Gasteiger partial charge in [0.1, 0.15) is 0 Å². The summed E-state index contributed by atoms with van der Waals surface area (Å²) in [5.74, 6) is 1.66. The molecule has 1 aliphatic rings. The van der Waals surface area contributed by atoms with E-state index in [0.717, 1.165) is 17.9 Å². The molecule has 1 aliphatic carbocycles. The van der Waals surface area contributed by atoms with Crippen molar-refractivity contribution in [1.29, 1.82) is 0 Å². The Hall–Kier alpha value is -2.16. The summed E-state index contributed by atoms with van der Waals surface area (Å²) in [6.07, 6.45) is 5.34. The summed E-state index contributed by atoms with van der Waals surface area (Å²) < 4.78 is 14.3. The van der Waals surface area contributed by atoms with Crippen LogP contribution in [-0.4, -0.2) is 16.8 Å². The zero-order chi connectivity index (χ0) is 16.6. The molecule has 3 heteroatoms. The zero-order valence-electron chi connectivity index (χ0n) is 14.6. The number of hydrogen-bond acceptors (Lipinski definition) is 2. The summed E-state index contributed by atoms with van der Waals surface area (Å²) in [6.45, 7) is 8.17. The summed E-state index contributed by atoms with van der Waals surface area (Å²) >= 11 is 0. The van der Waals surface area contributed by atoms with Crippen molar-refractivity contribution in [3.8, 4) is 0 Å². The van der Waals surface area contributed by atoms with Gasteiger partial charge in [0.2, 0.25) is 0 Å². The van der Waals surface area contributed by atoms with Crippen LogP contribution in [0.3, 0.4) is 0 Å². The van der Waals surface area contributed by atoms with Crippen LogP contribution in [0.4, 0.5) is 0 Å². The van der Waals surface area contributed by atoms with Crippen LogP contribution < -0.4 is 0 Å². The third-order valence-corrected chi connectivity index (χ3v) is 4.00. The number of benzene rings is 1. The van der Waals surface area contributed by atoms with Crippen molar-refractivity contribution in [2.24, 2.45) is 7.05 Å². The van der Waals surface area contributed by atoms with Crippen molar-refractivity contribution in [1.82, 2.24) is 4.57 Å². The minimum Gasteiger partial charge on any atom is -0.487 e. The summed E-state index contributed by atoms with van der Waals surface area (Å²) in [5, 5.41) is 1.26. The van der Waals surface area contributed by atoms with Gasteiger partial charge in [0.05, 0.1) is 12.2 Å². The van der Waals surface area contributed by atoms with Crippen LogP contribution in [-0.2, 0) is 22.9 Å². The SMILES string of the molecule is CC(C)OC1=CCc2c(c3ccccc3n2C)C=C1OC(C)C. The Balaban J connectivity index is 2.15. The van der Waals surface area contributed by atoms with Crippen LogP contribution in [0, 0.1) is 0 Å². The Morgan fingerprint density at radius 3 is 2.30 bits per heavy atom. The van der Waals surface area contributed by atoms with Gasteiger partial charge in [-0.3, -0.25) is 0 Å². The lowest BCUT2D eigenvalue weighted by atomic mass is 10.1. The molecule has 0 fully saturated rings. The molecule has 0 bridgehead atoms. The van der Waals surface area contributed by atoms with Crippen molar-refractivity contribution < 1.29 is 9.47 Å². The molecule has 1 aromatic heterocycles. The molecule has 0 amide bonds. The van der Waals surface area contributed by atoms with Crippen molar-refractivity contribution in [3.63, 3.8) is 0 Å². The van der Waals surface area contributed by atoms with Crippen LogP contribution in [0.1, 0.15) is 39.0 Å². The number of aryl methyl sites for hydroxylation is 1. The maximum Gasteiger partial charge on any atom is 0.161 e. The van der Waals surface area contributed by atoms with Gasteiger partial charge in [-0.15, -0.1) is 0 Å². The summed E-state index contributed by atoms with van der Waals surface area (Å²) in [4.78, 5) is 0. The quantitative estimate of drug-likeness (QED) is 0.809. The number of fused-ring (bicyclic) bond motifs is 3. The molecule has 0 saturated carbocycles. The predicted molar refractivity (Wildman–Crippen MR) is 95.1 cm³/mol. The molecular weight excluding hydrogens is 286 g/mol. The third kappa shape index (κ3) is 3.00. The molecule has 0 atom stereocenters. The normalized spacial score (nSPS) is 14.6. The van der Waals surface area contributed by atoms with E-state index in [1.807, 2.05) is 27.7 Å². The molecule has 0 saturated heterocycles. The fraction of sp³-hybridized carbons (Fsp3) is 0.400. The van der Waals surface area contributed by atoms with Crippen molar-refractivity contribution in [2.45, 2.75) is 46.3 Å². The first kappa shape index (κ1) is 15.7. The monoisotopic (exact) mass is 311 g/mol. The number of aromatic nitrogens is 1. The Morgan fingerprint density at radius 2 is 1.61 bits per heavy atom. The highest BCUT2D eigenvalue weighted by Gasteiger charge is 2.21. The predicted octanol–water partition coefficient (Wildman–Crippen LogP) is 4.81. The van der Waals surface area contributed by atoms with Crippen molar-refractivity contribution >= 4 is 17.0 Å². The fourth-order valence-corrected chi connectivity index (χ4v) is 3.08. The van der Waals surface area contributed by atoms with E-state index < -0.39 is 0 Å². The molecule has 2 aromatic rings. The van der Waals surface area contributed by atoms with Gasteiger partial charge >= 0.3 is 0 Å². The van der Waals surface area contributed by atoms with Gasteiger partial charge in [0, 0.05) is 35.6 Å². The van der Waals surface area contributed by atoms with Crippen LogP contribution in [0.25, 0.3) is 17.0 Å². The van der Waals surface area contributed by atoms with Crippen molar-refractivity contribution in [3.05, 3.63) is 53.1 Å². The lowest BCUT2D eigenvalue weighted by Crippen LogP contribution is -2.10. The average Bonchev–Trinajstić information content (AvgIpc) is 2.64. The molecule has 3 nitrogen and oxygen atoms in total. The van der Waals surface area contributed by atoms with Crippen LogP contribution >= 0.6 is 0 Å². The fourth-order valence-electron chi connectivity index (χ4n) is 3.08. The van der Waals surface area contributed by atoms with E-state index in [1.54, 1.807) is 0 Å². The second-order valence-electron chi connectivity index (χ2n) is 6.55. The first-order chi connectivity index (χ1) is 11.0. The molecule has 0 radical (unpaired) electrons. The smallest absolute Gasteiger partial charge is 0.161 e. The number of ether oxygens (including phenoxy) is 2. The summed E-state index contributed by atoms with van der Waals surface area (Å²) in [7, 11) is 2.13. The number of nitrogens with zero attached hydrogens (tertiary/aromatic N) is 1. The van der Waals surface area contributed by atoms with Crippen LogP contribution in [0.2, 0.25) is 0 Å². The molecule has 0 aliphatic heterocycles. The van der Waals surface area contributed by atoms with Gasteiger partial charge in [0.15, 0.2) is 11.5 Å². The number of allylic oxidation sites excluding steroid dienone is 1. The molecule has 0 spiro atoms. The van der Waals surface area contributed by atoms with E-state index >= 15 is 0 Å². The van der Waals surface area contributed by atoms with Gasteiger partial charge in [-0.1, -0.05) is 18.2 Å². The largest absolute Gasteiger partial charge is 0.487 e. The van der Waals surface area contributed by atoms with Gasteiger partial charge in [-0.05, 0) is 45.9 Å². The zero-order valence-corrected chi connectivity index (χ0v) is 14.6. The molecule has 23 heavy (non-hydrogen) atoms. The molecule has 122 valence electrons. The van der Waals surface area contributed by atoms with E-state index in [9.17, 15) is 0 Å². The van der Waals surface area contributed by atoms with E-state index in [4.69, 9.17) is 9.47 Å². The van der Waals surface area contributed by atoms with Gasteiger partial charge in [-0.25, -0.2) is 0 Å². The summed E-state index contributed by atoms with van der Waals surface area (Å²) in [6, 6.07) is 8.51. The van der Waals surface area contributed by atoms with E-state index in [0.29, 0.717) is 0 Å². The number of para-hydroxylation sites is 1. The third-order valence-electron chi connectivity index (χ3n) is 4.00. The maximum atomic E-state index is 6.06. The minimum absolute atomic E-state index is 0.108. The highest BCUT2D eigenvalue weighted by Crippen LogP contribution is 2.33. The Kier molecular flexibility index (Phi) is 4.20. The lowest BCUT2D eigenvalue weighted by molar-refractivity contribution is 0.0930. The Bertz CT molecular complexity index is 778. The molecule has 1 aromatic carbocycles. The maximum absolute atomic E-state index is 6.06. The van der Waals surface area contributed by atoms with Crippen LogP contribution in [0.5, 0.6) is 0 Å². The van der Waals surface area contributed by atoms with E-state index in [2.05, 4.69) is 48.0 Å². The standard InChI is InChI=1S/C20H25NO2/c1-13(2)22-19-11-10-18-16(12-20(19)23-14(3)4)15-8-6-7-9-17(15)21(18)5/h6-9,11-14H,10H2,1-5H3. The second-order valence-corrected chi connectivity index (χ2v) is 6.55. The topological polar surface area (TPSA) is 23.4 Å². The first-order valence-electron chi connectivity index (χ1n) is 8.29. The highest BCUT2D eigenvalue weighted by molar-refractivity contribution is 5.92. The first-order valence-corrected chi connectivity index (χ1v) is 8.29. The van der Waals surface area contributed by atoms with E-state index in [-0.39, 0.29) is 12.2 Å². The number of hydrogen-bond donors (Lipinski definition) is 0. The van der Waals surface area contributed by atoms with Gasteiger partial charge in [-0.2, -0.15) is 0 Å². The van der Waals surface area contributed by atoms with Gasteiger partial charge < -0.3 is 14.0 Å². The molecule has 0 unspecified atom stereocenters. The van der Waals surface area contributed by atoms with Gasteiger partial charge in [0.25, 0.3) is 0 Å². The summed E-state index contributed by atoms with van der Waals surface area (Å²) in [5.41, 5.74) is 3.77. The lowest BCUT2D eigenvalue weighted by Gasteiger charge is -2.19. The molecule has 1 heterocycles.